The minimum atomic E-state index is -0.487. The van der Waals surface area contributed by atoms with E-state index in [0.29, 0.717) is 29.2 Å². The molecule has 0 N–H and O–H groups in total. The number of aromatic nitrogens is 4. The van der Waals surface area contributed by atoms with Crippen LogP contribution in [0.3, 0.4) is 0 Å². The molecule has 0 spiro atoms. The van der Waals surface area contributed by atoms with Crippen LogP contribution in [-0.2, 0) is 13.1 Å². The Morgan fingerprint density at radius 2 is 1.81 bits per heavy atom. The lowest BCUT2D eigenvalue weighted by molar-refractivity contribution is 0.415. The molecule has 0 aliphatic heterocycles. The van der Waals surface area contributed by atoms with Crippen LogP contribution < -0.4 is 16.0 Å². The Balaban J connectivity index is 1.89. The molecule has 31 heavy (non-hydrogen) atoms. The van der Waals surface area contributed by atoms with Gasteiger partial charge < -0.3 is 4.74 Å². The fourth-order valence-corrected chi connectivity index (χ4v) is 3.44. The number of hydrogen-bond donors (Lipinski definition) is 0. The molecular formula is C23H19N5O3. The Morgan fingerprint density at radius 3 is 2.48 bits per heavy atom. The van der Waals surface area contributed by atoms with Gasteiger partial charge in [-0.15, -0.1) is 0 Å². The average Bonchev–Trinajstić information content (AvgIpc) is 2.82. The number of hydrogen-bond acceptors (Lipinski definition) is 6. The van der Waals surface area contributed by atoms with Crippen molar-refractivity contribution < 1.29 is 4.74 Å². The molecule has 0 aliphatic carbocycles. The van der Waals surface area contributed by atoms with Crippen LogP contribution in [0.5, 0.6) is 5.75 Å². The van der Waals surface area contributed by atoms with Crippen molar-refractivity contribution in [3.63, 3.8) is 0 Å². The van der Waals surface area contributed by atoms with Gasteiger partial charge in [0.25, 0.3) is 5.56 Å². The number of fused-ring (bicyclic) bond motifs is 1. The number of aryl methyl sites for hydroxylation is 1. The fraction of sp³-hybridized carbons (Fsp3) is 0.174. The second-order valence-corrected chi connectivity index (χ2v) is 6.85. The number of ether oxygens (including phenoxy) is 1. The summed E-state index contributed by atoms with van der Waals surface area (Å²) in [5.41, 5.74) is 1.07. The molecule has 0 radical (unpaired) electrons. The van der Waals surface area contributed by atoms with E-state index in [0.717, 1.165) is 10.1 Å². The molecule has 0 amide bonds. The maximum Gasteiger partial charge on any atom is 0.332 e. The van der Waals surface area contributed by atoms with Crippen LogP contribution in [0.25, 0.3) is 22.4 Å². The summed E-state index contributed by atoms with van der Waals surface area (Å²) in [7, 11) is 1.58. The molecule has 0 aliphatic rings. The number of methoxy groups -OCH3 is 1. The van der Waals surface area contributed by atoms with E-state index in [2.05, 4.69) is 16.0 Å². The Kier molecular flexibility index (Phi) is 5.33. The van der Waals surface area contributed by atoms with Crippen molar-refractivity contribution in [3.8, 4) is 23.2 Å². The minimum absolute atomic E-state index is 0.00241. The Labute approximate surface area is 177 Å². The van der Waals surface area contributed by atoms with E-state index in [4.69, 9.17) is 4.74 Å². The molecule has 0 atom stereocenters. The van der Waals surface area contributed by atoms with E-state index < -0.39 is 11.2 Å². The highest BCUT2D eigenvalue weighted by molar-refractivity contribution is 5.75. The summed E-state index contributed by atoms with van der Waals surface area (Å²) >= 11 is 0. The quantitative estimate of drug-likeness (QED) is 0.498. The maximum atomic E-state index is 13.1. The van der Waals surface area contributed by atoms with Crippen LogP contribution in [0.15, 0.2) is 64.3 Å². The third kappa shape index (κ3) is 3.57. The average molecular weight is 413 g/mol. The van der Waals surface area contributed by atoms with Gasteiger partial charge in [-0.3, -0.25) is 13.9 Å². The number of nitriles is 1. The van der Waals surface area contributed by atoms with E-state index >= 15 is 0 Å². The molecule has 0 fully saturated rings. The van der Waals surface area contributed by atoms with Crippen molar-refractivity contribution in [3.05, 3.63) is 86.7 Å². The van der Waals surface area contributed by atoms with Crippen LogP contribution in [-0.4, -0.2) is 26.2 Å². The van der Waals surface area contributed by atoms with Crippen molar-refractivity contribution in [2.45, 2.75) is 20.0 Å². The van der Waals surface area contributed by atoms with Crippen molar-refractivity contribution in [1.29, 1.82) is 5.26 Å². The van der Waals surface area contributed by atoms with Gasteiger partial charge in [0.1, 0.15) is 11.1 Å². The summed E-state index contributed by atoms with van der Waals surface area (Å²) in [6.07, 6.45) is 1.45. The summed E-state index contributed by atoms with van der Waals surface area (Å²) < 4.78 is 7.74. The van der Waals surface area contributed by atoms with Crippen molar-refractivity contribution in [2.24, 2.45) is 0 Å². The van der Waals surface area contributed by atoms with Gasteiger partial charge in [0.15, 0.2) is 11.5 Å². The number of nitrogens with zero attached hydrogens (tertiary/aromatic N) is 5. The summed E-state index contributed by atoms with van der Waals surface area (Å²) in [6, 6.07) is 16.2. The predicted molar refractivity (Wildman–Crippen MR) is 116 cm³/mol. The summed E-state index contributed by atoms with van der Waals surface area (Å²) in [5.74, 6) is 1.11. The molecule has 0 bridgehead atoms. The minimum Gasteiger partial charge on any atom is -0.497 e. The SMILES string of the molecule is CCn1c(=O)n(Cc2ccccc2C#N)c(=O)c2cnc(-c3ccc(OC)cc3)nc21. The van der Waals surface area contributed by atoms with E-state index in [1.54, 1.807) is 43.5 Å². The lowest BCUT2D eigenvalue weighted by Gasteiger charge is -2.13. The molecule has 4 aromatic rings. The van der Waals surface area contributed by atoms with Crippen LogP contribution in [0.2, 0.25) is 0 Å². The lowest BCUT2D eigenvalue weighted by atomic mass is 10.1. The van der Waals surface area contributed by atoms with Gasteiger partial charge in [0.05, 0.1) is 25.3 Å². The molecule has 2 aromatic heterocycles. The van der Waals surface area contributed by atoms with Crippen LogP contribution in [0.1, 0.15) is 18.1 Å². The van der Waals surface area contributed by atoms with Gasteiger partial charge in [-0.2, -0.15) is 5.26 Å². The smallest absolute Gasteiger partial charge is 0.332 e. The maximum absolute atomic E-state index is 13.1. The van der Waals surface area contributed by atoms with E-state index in [9.17, 15) is 14.9 Å². The van der Waals surface area contributed by atoms with Gasteiger partial charge >= 0.3 is 5.69 Å². The first-order chi connectivity index (χ1) is 15.1. The zero-order chi connectivity index (χ0) is 22.0. The Bertz CT molecular complexity index is 1430. The Morgan fingerprint density at radius 1 is 1.06 bits per heavy atom. The molecule has 0 saturated heterocycles. The first-order valence-electron chi connectivity index (χ1n) is 9.70. The first kappa shape index (κ1) is 20.0. The van der Waals surface area contributed by atoms with Crippen molar-refractivity contribution >= 4 is 11.0 Å². The molecular weight excluding hydrogens is 394 g/mol. The van der Waals surface area contributed by atoms with Gasteiger partial charge in [-0.1, -0.05) is 18.2 Å². The lowest BCUT2D eigenvalue weighted by Crippen LogP contribution is -2.40. The first-order valence-corrected chi connectivity index (χ1v) is 9.70. The van der Waals surface area contributed by atoms with Gasteiger partial charge in [-0.05, 0) is 42.8 Å². The van der Waals surface area contributed by atoms with Crippen LogP contribution in [0, 0.1) is 11.3 Å². The molecule has 0 unspecified atom stereocenters. The molecule has 0 saturated carbocycles. The highest BCUT2D eigenvalue weighted by Crippen LogP contribution is 2.20. The van der Waals surface area contributed by atoms with Crippen LogP contribution >= 0.6 is 0 Å². The zero-order valence-electron chi connectivity index (χ0n) is 17.1. The summed E-state index contributed by atoms with van der Waals surface area (Å²) in [5, 5.41) is 9.57. The molecule has 2 heterocycles. The highest BCUT2D eigenvalue weighted by Gasteiger charge is 2.16. The normalized spacial score (nSPS) is 10.7. The van der Waals surface area contributed by atoms with Gasteiger partial charge in [0.2, 0.25) is 0 Å². The molecule has 4 rings (SSSR count). The standard InChI is InChI=1S/C23H19N5O3/c1-3-27-21-19(13-25-20(26-21)15-8-10-18(31-2)11-9-15)22(29)28(23(27)30)14-17-7-5-4-6-16(17)12-24/h4-11,13H,3,14H2,1-2H3. The molecule has 8 nitrogen and oxygen atoms in total. The molecule has 2 aromatic carbocycles. The highest BCUT2D eigenvalue weighted by atomic mass is 16.5. The zero-order valence-corrected chi connectivity index (χ0v) is 17.1. The summed E-state index contributed by atoms with van der Waals surface area (Å²) in [4.78, 5) is 35.1. The van der Waals surface area contributed by atoms with Crippen molar-refractivity contribution in [2.75, 3.05) is 7.11 Å². The molecule has 154 valence electrons. The van der Waals surface area contributed by atoms with Crippen LogP contribution in [0.4, 0.5) is 0 Å². The fourth-order valence-electron chi connectivity index (χ4n) is 3.44. The third-order valence-electron chi connectivity index (χ3n) is 5.09. The van der Waals surface area contributed by atoms with E-state index in [1.165, 1.54) is 10.8 Å². The Hall–Kier alpha value is -4.25. The second kappa shape index (κ2) is 8.24. The largest absolute Gasteiger partial charge is 0.497 e. The van der Waals surface area contributed by atoms with E-state index in [-0.39, 0.29) is 17.6 Å². The number of rotatable bonds is 5. The van der Waals surface area contributed by atoms with Gasteiger partial charge in [-0.25, -0.2) is 14.8 Å². The van der Waals surface area contributed by atoms with Gasteiger partial charge in [0, 0.05) is 18.3 Å². The molecule has 8 heteroatoms. The van der Waals surface area contributed by atoms with E-state index in [1.807, 2.05) is 19.1 Å². The predicted octanol–water partition coefficient (Wildman–Crippen LogP) is 2.57. The second-order valence-electron chi connectivity index (χ2n) is 6.85. The third-order valence-corrected chi connectivity index (χ3v) is 5.09. The van der Waals surface area contributed by atoms with Crippen molar-refractivity contribution in [1.82, 2.24) is 19.1 Å². The topological polar surface area (TPSA) is 103 Å². The monoisotopic (exact) mass is 413 g/mol. The number of benzene rings is 2. The summed E-state index contributed by atoms with van der Waals surface area (Å²) in [6.45, 7) is 2.14.